The Morgan fingerprint density at radius 3 is 2.28 bits per heavy atom. The average Bonchev–Trinajstić information content (AvgIpc) is 2.99. The van der Waals surface area contributed by atoms with Gasteiger partial charge in [-0.2, -0.15) is 5.10 Å². The van der Waals surface area contributed by atoms with Gasteiger partial charge < -0.3 is 4.43 Å². The minimum absolute atomic E-state index is 0.832. The van der Waals surface area contributed by atoms with Crippen molar-refractivity contribution in [3.05, 3.63) is 78.1 Å². The highest BCUT2D eigenvalue weighted by molar-refractivity contribution is 6.70. The van der Waals surface area contributed by atoms with Gasteiger partial charge in [0.25, 0.3) is 0 Å². The molecule has 3 rings (SSSR count). The molecule has 2 aromatic carbocycles. The van der Waals surface area contributed by atoms with Gasteiger partial charge in [0.15, 0.2) is 0 Å². The highest BCUT2D eigenvalue weighted by Gasteiger charge is 2.18. The van der Waals surface area contributed by atoms with E-state index in [0.29, 0.717) is 0 Å². The first-order valence-corrected chi connectivity index (χ1v) is 11.7. The monoisotopic (exact) mass is 349 g/mol. The Labute approximate surface area is 149 Å². The second-order valence-corrected chi connectivity index (χ2v) is 11.3. The number of rotatable bonds is 5. The lowest BCUT2D eigenvalue weighted by molar-refractivity contribution is 0.559. The Bertz CT molecular complexity index is 879. The maximum Gasteiger partial charge on any atom is 0.242 e. The number of hydrogen-bond donors (Lipinski definition) is 0. The summed E-state index contributed by atoms with van der Waals surface area (Å²) in [6, 6.07) is 18.1. The molecule has 1 aromatic heterocycles. The molecule has 0 saturated carbocycles. The second-order valence-electron chi connectivity index (χ2n) is 6.91. The summed E-state index contributed by atoms with van der Waals surface area (Å²) in [6.45, 7) is 6.52. The maximum absolute atomic E-state index is 6.22. The molecule has 0 N–H and O–H groups in total. The minimum atomic E-state index is -1.72. The van der Waals surface area contributed by atoms with Crippen molar-refractivity contribution in [1.29, 1.82) is 0 Å². The van der Waals surface area contributed by atoms with E-state index in [2.05, 4.69) is 36.9 Å². The van der Waals surface area contributed by atoms with Crippen LogP contribution in [0, 0.1) is 0 Å². The van der Waals surface area contributed by atoms with Crippen molar-refractivity contribution in [2.24, 2.45) is 12.0 Å². The topological polar surface area (TPSA) is 39.4 Å². The molecule has 4 nitrogen and oxygen atoms in total. The van der Waals surface area contributed by atoms with Crippen molar-refractivity contribution in [2.45, 2.75) is 19.6 Å². The number of aromatic nitrogens is 2. The van der Waals surface area contributed by atoms with Crippen LogP contribution in [-0.2, 0) is 7.05 Å². The number of aliphatic imine (C=N–C) groups is 1. The summed E-state index contributed by atoms with van der Waals surface area (Å²) >= 11 is 0. The van der Waals surface area contributed by atoms with Crippen LogP contribution in [0.1, 0.15) is 11.1 Å². The van der Waals surface area contributed by atoms with Crippen LogP contribution in [-0.4, -0.2) is 23.8 Å². The SMILES string of the molecule is Cn1cc(C(=Nc2ccccc2O[Si](C)(C)C)c2ccccc2)cn1. The molecular formula is C20H23N3OSi. The second kappa shape index (κ2) is 7.07. The van der Waals surface area contributed by atoms with E-state index in [-0.39, 0.29) is 0 Å². The Morgan fingerprint density at radius 2 is 1.64 bits per heavy atom. The molecule has 0 spiro atoms. The number of nitrogens with zero attached hydrogens (tertiary/aromatic N) is 3. The van der Waals surface area contributed by atoms with Crippen LogP contribution in [0.3, 0.4) is 0 Å². The van der Waals surface area contributed by atoms with Gasteiger partial charge in [-0.1, -0.05) is 42.5 Å². The fourth-order valence-corrected chi connectivity index (χ4v) is 3.35. The molecule has 0 fully saturated rings. The first-order chi connectivity index (χ1) is 11.9. The number of aryl methyl sites for hydroxylation is 1. The van der Waals surface area contributed by atoms with Crippen LogP contribution in [0.25, 0.3) is 0 Å². The fraction of sp³-hybridized carbons (Fsp3) is 0.200. The van der Waals surface area contributed by atoms with E-state index in [0.717, 1.165) is 28.3 Å². The van der Waals surface area contributed by atoms with Gasteiger partial charge in [-0.05, 0) is 31.8 Å². The van der Waals surface area contributed by atoms with Crippen molar-refractivity contribution >= 4 is 19.7 Å². The number of hydrogen-bond acceptors (Lipinski definition) is 3. The number of para-hydroxylation sites is 2. The lowest BCUT2D eigenvalue weighted by atomic mass is 10.1. The number of benzene rings is 2. The van der Waals surface area contributed by atoms with Gasteiger partial charge in [-0.25, -0.2) is 4.99 Å². The molecule has 0 aliphatic heterocycles. The quantitative estimate of drug-likeness (QED) is 0.490. The predicted octanol–water partition coefficient (Wildman–Crippen LogP) is 4.80. The highest BCUT2D eigenvalue weighted by Crippen LogP contribution is 2.30. The summed E-state index contributed by atoms with van der Waals surface area (Å²) in [7, 11) is 0.190. The fourth-order valence-electron chi connectivity index (χ4n) is 2.52. The standard InChI is InChI=1S/C20H23N3OSi/c1-23-15-17(14-21-23)20(16-10-6-5-7-11-16)22-18-12-8-9-13-19(18)24-25(2,3)4/h5-15H,1-4H3. The van der Waals surface area contributed by atoms with Crippen LogP contribution < -0.4 is 4.43 Å². The predicted molar refractivity (Wildman–Crippen MR) is 105 cm³/mol. The largest absolute Gasteiger partial charge is 0.543 e. The average molecular weight is 350 g/mol. The van der Waals surface area contributed by atoms with Crippen LogP contribution in [0.5, 0.6) is 5.75 Å². The van der Waals surface area contributed by atoms with Crippen LogP contribution in [0.15, 0.2) is 72.0 Å². The zero-order valence-corrected chi connectivity index (χ0v) is 16.1. The van der Waals surface area contributed by atoms with Crippen LogP contribution >= 0.6 is 0 Å². The Morgan fingerprint density at radius 1 is 0.960 bits per heavy atom. The van der Waals surface area contributed by atoms with Crippen molar-refractivity contribution in [2.75, 3.05) is 0 Å². The first kappa shape index (κ1) is 17.2. The van der Waals surface area contributed by atoms with E-state index in [1.807, 2.05) is 61.9 Å². The molecule has 128 valence electrons. The highest BCUT2D eigenvalue weighted by atomic mass is 28.4. The Hall–Kier alpha value is -2.66. The molecule has 0 aliphatic rings. The zero-order chi connectivity index (χ0) is 17.9. The molecule has 0 bridgehead atoms. The zero-order valence-electron chi connectivity index (χ0n) is 15.1. The molecular weight excluding hydrogens is 326 g/mol. The van der Waals surface area contributed by atoms with Gasteiger partial charge in [0.1, 0.15) is 11.4 Å². The summed E-state index contributed by atoms with van der Waals surface area (Å²) in [5.74, 6) is 0.832. The smallest absolute Gasteiger partial charge is 0.242 e. The van der Waals surface area contributed by atoms with Crippen molar-refractivity contribution in [3.63, 3.8) is 0 Å². The molecule has 0 amide bonds. The normalized spacial score (nSPS) is 12.2. The van der Waals surface area contributed by atoms with E-state index < -0.39 is 8.32 Å². The van der Waals surface area contributed by atoms with E-state index >= 15 is 0 Å². The summed E-state index contributed by atoms with van der Waals surface area (Å²) < 4.78 is 8.01. The van der Waals surface area contributed by atoms with Crippen molar-refractivity contribution < 1.29 is 4.43 Å². The van der Waals surface area contributed by atoms with Gasteiger partial charge in [0.2, 0.25) is 8.32 Å². The maximum atomic E-state index is 6.22. The van der Waals surface area contributed by atoms with E-state index in [1.54, 1.807) is 4.68 Å². The van der Waals surface area contributed by atoms with Gasteiger partial charge in [-0.3, -0.25) is 4.68 Å². The van der Waals surface area contributed by atoms with Gasteiger partial charge in [0.05, 0.1) is 11.9 Å². The van der Waals surface area contributed by atoms with E-state index in [9.17, 15) is 0 Å². The summed E-state index contributed by atoms with van der Waals surface area (Å²) in [4.78, 5) is 4.96. The molecule has 1 heterocycles. The molecule has 0 atom stereocenters. The summed E-state index contributed by atoms with van der Waals surface area (Å²) in [5.41, 5.74) is 3.77. The van der Waals surface area contributed by atoms with E-state index in [1.165, 1.54) is 0 Å². The van der Waals surface area contributed by atoms with Crippen LogP contribution in [0.2, 0.25) is 19.6 Å². The first-order valence-electron chi connectivity index (χ1n) is 8.33. The molecule has 25 heavy (non-hydrogen) atoms. The third kappa shape index (κ3) is 4.45. The molecule has 0 saturated heterocycles. The van der Waals surface area contributed by atoms with Gasteiger partial charge >= 0.3 is 0 Å². The van der Waals surface area contributed by atoms with Crippen molar-refractivity contribution in [1.82, 2.24) is 9.78 Å². The van der Waals surface area contributed by atoms with E-state index in [4.69, 9.17) is 9.42 Å². The molecule has 0 unspecified atom stereocenters. The summed E-state index contributed by atoms with van der Waals surface area (Å²) in [5, 5.41) is 4.30. The minimum Gasteiger partial charge on any atom is -0.543 e. The lowest BCUT2D eigenvalue weighted by Crippen LogP contribution is -2.29. The molecule has 5 heteroatoms. The van der Waals surface area contributed by atoms with Crippen LogP contribution in [0.4, 0.5) is 5.69 Å². The molecule has 0 radical (unpaired) electrons. The third-order valence-corrected chi connectivity index (χ3v) is 4.37. The van der Waals surface area contributed by atoms with Gasteiger partial charge in [-0.15, -0.1) is 0 Å². The summed E-state index contributed by atoms with van der Waals surface area (Å²) in [6.07, 6.45) is 3.82. The third-order valence-electron chi connectivity index (χ3n) is 3.54. The molecule has 0 aliphatic carbocycles. The lowest BCUT2D eigenvalue weighted by Gasteiger charge is -2.20. The Balaban J connectivity index is 2.11. The van der Waals surface area contributed by atoms with Crippen molar-refractivity contribution in [3.8, 4) is 5.75 Å². The van der Waals surface area contributed by atoms with Gasteiger partial charge in [0, 0.05) is 24.4 Å². The molecule has 3 aromatic rings. The Kier molecular flexibility index (Phi) is 4.85.